The van der Waals surface area contributed by atoms with E-state index in [2.05, 4.69) is 64.5 Å². The van der Waals surface area contributed by atoms with Crippen LogP contribution < -0.4 is 5.43 Å². The molecule has 3 nitrogen and oxygen atoms in total. The molecule has 0 saturated carbocycles. The van der Waals surface area contributed by atoms with Crippen molar-refractivity contribution in [1.29, 1.82) is 0 Å². The fourth-order valence-corrected chi connectivity index (χ4v) is 3.19. The van der Waals surface area contributed by atoms with Crippen molar-refractivity contribution in [3.05, 3.63) is 78.4 Å². The van der Waals surface area contributed by atoms with Crippen molar-refractivity contribution >= 4 is 33.7 Å². The van der Waals surface area contributed by atoms with Gasteiger partial charge in [-0.3, -0.25) is 5.43 Å². The van der Waals surface area contributed by atoms with Crippen LogP contribution in [0, 0.1) is 0 Å². The summed E-state index contributed by atoms with van der Waals surface area (Å²) in [6.07, 6.45) is 1.87. The molecule has 1 aromatic heterocycles. The van der Waals surface area contributed by atoms with Gasteiger partial charge in [-0.2, -0.15) is 5.10 Å². The molecule has 0 spiro atoms. The van der Waals surface area contributed by atoms with Crippen LogP contribution in [-0.4, -0.2) is 10.8 Å². The molecule has 1 heterocycles. The van der Waals surface area contributed by atoms with Gasteiger partial charge >= 0.3 is 0 Å². The zero-order valence-corrected chi connectivity index (χ0v) is 13.6. The average molecular weight is 313 g/mol. The predicted molar refractivity (Wildman–Crippen MR) is 103 cm³/mol. The summed E-state index contributed by atoms with van der Waals surface area (Å²) in [7, 11) is 0. The molecule has 0 saturated heterocycles. The molecule has 0 fully saturated rings. The highest BCUT2D eigenvalue weighted by Crippen LogP contribution is 2.29. The Kier molecular flexibility index (Phi) is 3.75. The first-order chi connectivity index (χ1) is 11.9. The van der Waals surface area contributed by atoms with Gasteiger partial charge in [-0.05, 0) is 42.8 Å². The minimum atomic E-state index is 0.965. The molecule has 0 radical (unpaired) electrons. The van der Waals surface area contributed by atoms with Gasteiger partial charge in [-0.25, -0.2) is 0 Å². The molecule has 0 unspecified atom stereocenters. The van der Waals surface area contributed by atoms with E-state index in [0.717, 1.165) is 17.8 Å². The van der Waals surface area contributed by atoms with Crippen LogP contribution in [0.4, 0.5) is 5.69 Å². The van der Waals surface area contributed by atoms with E-state index in [1.807, 2.05) is 36.5 Å². The van der Waals surface area contributed by atoms with Crippen molar-refractivity contribution in [2.75, 3.05) is 5.43 Å². The molecule has 0 bridgehead atoms. The zero-order chi connectivity index (χ0) is 16.4. The number of hydrogen-bond acceptors (Lipinski definition) is 2. The normalized spacial score (nSPS) is 11.5. The maximum absolute atomic E-state index is 4.34. The van der Waals surface area contributed by atoms with E-state index in [0.29, 0.717) is 0 Å². The number of hydrazone groups is 1. The van der Waals surface area contributed by atoms with E-state index >= 15 is 0 Å². The lowest BCUT2D eigenvalue weighted by molar-refractivity contribution is 0.827. The molecule has 0 aliphatic carbocycles. The van der Waals surface area contributed by atoms with Gasteiger partial charge in [0, 0.05) is 28.4 Å². The molecule has 0 atom stereocenters. The SMILES string of the molecule is CCn1c2ccccc2c2cc(C=NNc3ccccc3)ccc21. The minimum Gasteiger partial charge on any atom is -0.341 e. The lowest BCUT2D eigenvalue weighted by Gasteiger charge is -2.03. The van der Waals surface area contributed by atoms with Crippen LogP contribution in [0.3, 0.4) is 0 Å². The third-order valence-corrected chi connectivity index (χ3v) is 4.29. The highest BCUT2D eigenvalue weighted by molar-refractivity contribution is 6.09. The Morgan fingerprint density at radius 2 is 1.62 bits per heavy atom. The smallest absolute Gasteiger partial charge is 0.0561 e. The topological polar surface area (TPSA) is 29.3 Å². The summed E-state index contributed by atoms with van der Waals surface area (Å²) < 4.78 is 2.35. The summed E-state index contributed by atoms with van der Waals surface area (Å²) in [5.41, 5.74) is 7.68. The number of nitrogens with one attached hydrogen (secondary N) is 1. The van der Waals surface area contributed by atoms with E-state index in [-0.39, 0.29) is 0 Å². The van der Waals surface area contributed by atoms with Gasteiger partial charge in [0.2, 0.25) is 0 Å². The Morgan fingerprint density at radius 1 is 0.875 bits per heavy atom. The number of fused-ring (bicyclic) bond motifs is 3. The summed E-state index contributed by atoms with van der Waals surface area (Å²) >= 11 is 0. The Bertz CT molecular complexity index is 1010. The minimum absolute atomic E-state index is 0.965. The number of aromatic nitrogens is 1. The summed E-state index contributed by atoms with van der Waals surface area (Å²) in [4.78, 5) is 0. The van der Waals surface area contributed by atoms with Crippen LogP contribution in [0.1, 0.15) is 12.5 Å². The monoisotopic (exact) mass is 313 g/mol. The number of para-hydroxylation sites is 2. The largest absolute Gasteiger partial charge is 0.341 e. The molecule has 0 aliphatic rings. The van der Waals surface area contributed by atoms with Gasteiger partial charge in [0.05, 0.1) is 11.9 Å². The Balaban J connectivity index is 1.72. The van der Waals surface area contributed by atoms with Crippen LogP contribution in [0.2, 0.25) is 0 Å². The van der Waals surface area contributed by atoms with E-state index in [1.165, 1.54) is 21.8 Å². The second-order valence-corrected chi connectivity index (χ2v) is 5.77. The van der Waals surface area contributed by atoms with Crippen molar-refractivity contribution in [3.63, 3.8) is 0 Å². The Hall–Kier alpha value is -3.07. The van der Waals surface area contributed by atoms with Crippen LogP contribution in [-0.2, 0) is 6.54 Å². The Labute approximate surface area is 141 Å². The van der Waals surface area contributed by atoms with E-state index < -0.39 is 0 Å². The number of anilines is 1. The summed E-state index contributed by atoms with van der Waals surface area (Å²) in [5, 5.41) is 6.91. The highest BCUT2D eigenvalue weighted by atomic mass is 15.3. The van der Waals surface area contributed by atoms with E-state index in [4.69, 9.17) is 0 Å². The molecule has 0 aliphatic heterocycles. The molecule has 4 aromatic rings. The van der Waals surface area contributed by atoms with Crippen LogP contribution in [0.5, 0.6) is 0 Å². The average Bonchev–Trinajstić information content (AvgIpc) is 2.96. The molecule has 3 aromatic carbocycles. The third-order valence-electron chi connectivity index (χ3n) is 4.29. The lowest BCUT2D eigenvalue weighted by Crippen LogP contribution is -1.93. The van der Waals surface area contributed by atoms with Gasteiger partial charge in [0.25, 0.3) is 0 Å². The van der Waals surface area contributed by atoms with Crippen molar-refractivity contribution in [2.24, 2.45) is 5.10 Å². The number of benzene rings is 3. The van der Waals surface area contributed by atoms with E-state index in [9.17, 15) is 0 Å². The van der Waals surface area contributed by atoms with Crippen molar-refractivity contribution in [1.82, 2.24) is 4.57 Å². The van der Waals surface area contributed by atoms with Crippen molar-refractivity contribution in [2.45, 2.75) is 13.5 Å². The standard InChI is InChI=1S/C21H19N3/c1-2-24-20-11-7-6-10-18(20)19-14-16(12-13-21(19)24)15-22-23-17-8-4-3-5-9-17/h3-15,23H,2H2,1H3. The molecular weight excluding hydrogens is 294 g/mol. The van der Waals surface area contributed by atoms with Crippen LogP contribution in [0.15, 0.2) is 77.9 Å². The molecule has 0 amide bonds. The third kappa shape index (κ3) is 2.54. The fraction of sp³-hybridized carbons (Fsp3) is 0.0952. The molecule has 24 heavy (non-hydrogen) atoms. The highest BCUT2D eigenvalue weighted by Gasteiger charge is 2.08. The predicted octanol–water partition coefficient (Wildman–Crippen LogP) is 5.26. The second kappa shape index (κ2) is 6.20. The van der Waals surface area contributed by atoms with Crippen LogP contribution >= 0.6 is 0 Å². The van der Waals surface area contributed by atoms with Crippen LogP contribution in [0.25, 0.3) is 21.8 Å². The van der Waals surface area contributed by atoms with Crippen molar-refractivity contribution < 1.29 is 0 Å². The molecule has 3 heteroatoms. The molecule has 4 rings (SSSR count). The van der Waals surface area contributed by atoms with Gasteiger partial charge in [-0.15, -0.1) is 0 Å². The second-order valence-electron chi connectivity index (χ2n) is 5.77. The summed E-state index contributed by atoms with van der Waals surface area (Å²) in [6.45, 7) is 3.15. The summed E-state index contributed by atoms with van der Waals surface area (Å²) in [6, 6.07) is 25.0. The molecular formula is C21H19N3. The first kappa shape index (κ1) is 14.5. The lowest BCUT2D eigenvalue weighted by atomic mass is 10.1. The molecule has 1 N–H and O–H groups in total. The van der Waals surface area contributed by atoms with Gasteiger partial charge < -0.3 is 4.57 Å². The maximum atomic E-state index is 4.34. The maximum Gasteiger partial charge on any atom is 0.0561 e. The Morgan fingerprint density at radius 3 is 2.46 bits per heavy atom. The first-order valence-corrected chi connectivity index (χ1v) is 8.22. The van der Waals surface area contributed by atoms with E-state index in [1.54, 1.807) is 0 Å². The first-order valence-electron chi connectivity index (χ1n) is 8.22. The van der Waals surface area contributed by atoms with Gasteiger partial charge in [0.1, 0.15) is 0 Å². The number of hydrogen-bond donors (Lipinski definition) is 1. The van der Waals surface area contributed by atoms with Gasteiger partial charge in [-0.1, -0.05) is 42.5 Å². The van der Waals surface area contributed by atoms with Crippen molar-refractivity contribution in [3.8, 4) is 0 Å². The summed E-state index contributed by atoms with van der Waals surface area (Å²) in [5.74, 6) is 0. The quantitative estimate of drug-likeness (QED) is 0.404. The zero-order valence-electron chi connectivity index (χ0n) is 13.6. The number of aryl methyl sites for hydroxylation is 1. The fourth-order valence-electron chi connectivity index (χ4n) is 3.19. The van der Waals surface area contributed by atoms with Gasteiger partial charge in [0.15, 0.2) is 0 Å². The number of nitrogens with zero attached hydrogens (tertiary/aromatic N) is 2. The number of rotatable bonds is 4. The molecule has 118 valence electrons.